The number of unbranched alkanes of at least 4 members (excludes halogenated alkanes) is 1. The van der Waals surface area contributed by atoms with Gasteiger partial charge in [-0.05, 0) is 35.2 Å². The van der Waals surface area contributed by atoms with Gasteiger partial charge in [0.15, 0.2) is 0 Å². The molecule has 1 aromatic heterocycles. The largest absolute Gasteiger partial charge is 0.324 e. The fourth-order valence-electron chi connectivity index (χ4n) is 4.51. The zero-order chi connectivity index (χ0) is 23.1. The molecule has 0 aliphatic carbocycles. The molecule has 0 fully saturated rings. The minimum Gasteiger partial charge on any atom is -0.324 e. The molecule has 170 valence electrons. The van der Waals surface area contributed by atoms with E-state index in [1.54, 1.807) is 0 Å². The van der Waals surface area contributed by atoms with E-state index in [0.29, 0.717) is 18.1 Å². The normalized spacial score (nSPS) is 11.8. The van der Waals surface area contributed by atoms with Gasteiger partial charge < -0.3 is 4.57 Å². The second-order valence-corrected chi connectivity index (χ2v) is 8.75. The van der Waals surface area contributed by atoms with Gasteiger partial charge in [-0.3, -0.25) is 4.90 Å². The van der Waals surface area contributed by atoms with Crippen molar-refractivity contribution in [2.75, 3.05) is 6.54 Å². The first-order chi connectivity index (χ1) is 16.1. The third-order valence-corrected chi connectivity index (χ3v) is 6.53. The van der Waals surface area contributed by atoms with E-state index < -0.39 is 5.54 Å². The van der Waals surface area contributed by atoms with Gasteiger partial charge in [0.1, 0.15) is 5.82 Å². The van der Waals surface area contributed by atoms with E-state index in [-0.39, 0.29) is 5.82 Å². The molecule has 3 aromatic carbocycles. The molecule has 0 spiro atoms. The zero-order valence-electron chi connectivity index (χ0n) is 18.9. The first-order valence-corrected chi connectivity index (χ1v) is 11.8. The molecule has 0 aliphatic heterocycles. The van der Waals surface area contributed by atoms with Gasteiger partial charge in [0.2, 0.25) is 0 Å². The summed E-state index contributed by atoms with van der Waals surface area (Å²) in [6, 6.07) is 25.8. The third kappa shape index (κ3) is 5.18. The lowest BCUT2D eigenvalue weighted by atomic mass is 9.76. The van der Waals surface area contributed by atoms with Gasteiger partial charge in [-0.2, -0.15) is 0 Å². The van der Waals surface area contributed by atoms with Crippen molar-refractivity contribution in [3.8, 4) is 0 Å². The first kappa shape index (κ1) is 23.2. The summed E-state index contributed by atoms with van der Waals surface area (Å²) in [5.41, 5.74) is 2.75. The Kier molecular flexibility index (Phi) is 7.58. The van der Waals surface area contributed by atoms with Gasteiger partial charge in [0.25, 0.3) is 0 Å². The molecule has 0 N–H and O–H groups in total. The van der Waals surface area contributed by atoms with E-state index in [4.69, 9.17) is 11.6 Å². The third-order valence-electron chi connectivity index (χ3n) is 6.18. The maximum Gasteiger partial charge on any atom is 0.124 e. The molecule has 0 bridgehead atoms. The van der Waals surface area contributed by atoms with Crippen molar-refractivity contribution in [1.29, 1.82) is 0 Å². The Morgan fingerprint density at radius 2 is 1.64 bits per heavy atom. The van der Waals surface area contributed by atoms with Crippen LogP contribution in [0.15, 0.2) is 97.6 Å². The highest BCUT2D eigenvalue weighted by Crippen LogP contribution is 2.41. The average molecular weight is 462 g/mol. The van der Waals surface area contributed by atoms with Crippen molar-refractivity contribution in [3.05, 3.63) is 125 Å². The number of rotatable bonds is 10. The quantitative estimate of drug-likeness (QED) is 0.255. The molecule has 0 amide bonds. The summed E-state index contributed by atoms with van der Waals surface area (Å²) in [5, 5.41) is 0.448. The second-order valence-electron chi connectivity index (χ2n) is 8.34. The summed E-state index contributed by atoms with van der Waals surface area (Å²) in [7, 11) is 0. The molecule has 0 saturated heterocycles. The molecule has 0 atom stereocenters. The fraction of sp³-hybridized carbons (Fsp3) is 0.250. The van der Waals surface area contributed by atoms with E-state index in [2.05, 4.69) is 69.9 Å². The van der Waals surface area contributed by atoms with E-state index in [1.807, 2.05) is 36.9 Å². The Balaban J connectivity index is 1.94. The van der Waals surface area contributed by atoms with Crippen LogP contribution in [0.4, 0.5) is 4.39 Å². The molecule has 0 radical (unpaired) electrons. The number of aromatic nitrogens is 2. The highest BCUT2D eigenvalue weighted by atomic mass is 35.5. The number of hydrogen-bond acceptors (Lipinski definition) is 2. The summed E-state index contributed by atoms with van der Waals surface area (Å²) >= 11 is 6.59. The van der Waals surface area contributed by atoms with Crippen LogP contribution in [0.2, 0.25) is 5.02 Å². The number of halogens is 2. The maximum atomic E-state index is 13.9. The Morgan fingerprint density at radius 3 is 2.18 bits per heavy atom. The van der Waals surface area contributed by atoms with Crippen molar-refractivity contribution in [2.45, 2.75) is 38.4 Å². The monoisotopic (exact) mass is 461 g/mol. The molecule has 1 heterocycles. The van der Waals surface area contributed by atoms with Crippen LogP contribution in [0.1, 0.15) is 36.5 Å². The summed E-state index contributed by atoms with van der Waals surface area (Å²) in [6.07, 6.45) is 8.39. The highest BCUT2D eigenvalue weighted by molar-refractivity contribution is 6.31. The van der Waals surface area contributed by atoms with Crippen molar-refractivity contribution < 1.29 is 4.39 Å². The molecule has 0 unspecified atom stereocenters. The molecule has 0 saturated carbocycles. The van der Waals surface area contributed by atoms with Gasteiger partial charge in [0, 0.05) is 30.4 Å². The van der Waals surface area contributed by atoms with Crippen molar-refractivity contribution in [2.24, 2.45) is 0 Å². The molecule has 5 heteroatoms. The fourth-order valence-corrected chi connectivity index (χ4v) is 4.75. The van der Waals surface area contributed by atoms with Crippen LogP contribution in [0.5, 0.6) is 0 Å². The molecule has 0 aliphatic rings. The standard InChI is InChI=1S/C28H29ClFN3/c1-2-3-17-33(22-32-18-16-31-21-32)28(24-10-6-4-7-11-24,25-12-8-5-9-13-25)20-23-14-15-26(30)19-27(23)29/h4-16,18-19,21H,2-3,17,20,22H2,1H3. The SMILES string of the molecule is CCCCN(Cn1ccnc1)C(Cc1ccc(F)cc1Cl)(c1ccccc1)c1ccccc1. The average Bonchev–Trinajstić information content (AvgIpc) is 3.36. The molecule has 4 aromatic rings. The highest BCUT2D eigenvalue weighted by Gasteiger charge is 2.40. The van der Waals surface area contributed by atoms with Crippen LogP contribution in [0.3, 0.4) is 0 Å². The Labute approximate surface area is 200 Å². The van der Waals surface area contributed by atoms with Crippen molar-refractivity contribution in [1.82, 2.24) is 14.5 Å². The summed E-state index contributed by atoms with van der Waals surface area (Å²) in [6.45, 7) is 3.76. The van der Waals surface area contributed by atoms with Crippen molar-refractivity contribution in [3.63, 3.8) is 0 Å². The molecular weight excluding hydrogens is 433 g/mol. The first-order valence-electron chi connectivity index (χ1n) is 11.4. The summed E-state index contributed by atoms with van der Waals surface area (Å²) in [5.74, 6) is -0.324. The van der Waals surface area contributed by atoms with Gasteiger partial charge >= 0.3 is 0 Å². The van der Waals surface area contributed by atoms with Crippen LogP contribution >= 0.6 is 11.6 Å². The number of imidazole rings is 1. The van der Waals surface area contributed by atoms with Crippen LogP contribution in [-0.2, 0) is 18.6 Å². The molecule has 33 heavy (non-hydrogen) atoms. The van der Waals surface area contributed by atoms with Gasteiger partial charge in [-0.1, -0.05) is 91.7 Å². The van der Waals surface area contributed by atoms with Crippen LogP contribution in [0, 0.1) is 5.82 Å². The molecular formula is C28H29ClFN3. The lowest BCUT2D eigenvalue weighted by molar-refractivity contribution is 0.0814. The summed E-state index contributed by atoms with van der Waals surface area (Å²) in [4.78, 5) is 6.77. The Bertz CT molecular complexity index is 1090. The minimum atomic E-state index is -0.510. The number of benzene rings is 3. The van der Waals surface area contributed by atoms with Gasteiger partial charge in [0.05, 0.1) is 18.5 Å². The number of hydrogen-bond donors (Lipinski definition) is 0. The van der Waals surface area contributed by atoms with E-state index in [1.165, 1.54) is 23.3 Å². The predicted octanol–water partition coefficient (Wildman–Crippen LogP) is 6.92. The zero-order valence-corrected chi connectivity index (χ0v) is 19.6. The van der Waals surface area contributed by atoms with E-state index >= 15 is 0 Å². The predicted molar refractivity (Wildman–Crippen MR) is 133 cm³/mol. The van der Waals surface area contributed by atoms with Gasteiger partial charge in [-0.25, -0.2) is 9.37 Å². The smallest absolute Gasteiger partial charge is 0.124 e. The lowest BCUT2D eigenvalue weighted by Crippen LogP contribution is -2.50. The van der Waals surface area contributed by atoms with E-state index in [0.717, 1.165) is 24.9 Å². The Hall–Kier alpha value is -2.95. The lowest BCUT2D eigenvalue weighted by Gasteiger charge is -2.46. The maximum absolute atomic E-state index is 13.9. The van der Waals surface area contributed by atoms with Gasteiger partial charge in [-0.15, -0.1) is 0 Å². The van der Waals surface area contributed by atoms with E-state index in [9.17, 15) is 4.39 Å². The van der Waals surface area contributed by atoms with Crippen LogP contribution < -0.4 is 0 Å². The minimum absolute atomic E-state index is 0.324. The topological polar surface area (TPSA) is 21.1 Å². The molecule has 4 rings (SSSR count). The number of nitrogens with zero attached hydrogens (tertiary/aromatic N) is 3. The van der Waals surface area contributed by atoms with Crippen LogP contribution in [-0.4, -0.2) is 21.0 Å². The van der Waals surface area contributed by atoms with Crippen LogP contribution in [0.25, 0.3) is 0 Å². The Morgan fingerprint density at radius 1 is 0.970 bits per heavy atom. The second kappa shape index (κ2) is 10.8. The van der Waals surface area contributed by atoms with Crippen molar-refractivity contribution >= 4 is 11.6 Å². The molecule has 3 nitrogen and oxygen atoms in total. The summed E-state index contributed by atoms with van der Waals surface area (Å²) < 4.78 is 16.0.